The lowest BCUT2D eigenvalue weighted by Crippen LogP contribution is -2.29. The summed E-state index contributed by atoms with van der Waals surface area (Å²) in [6.07, 6.45) is 1.61. The van der Waals surface area contributed by atoms with Crippen LogP contribution in [-0.2, 0) is 17.8 Å². The summed E-state index contributed by atoms with van der Waals surface area (Å²) in [7, 11) is 0. The average Bonchev–Trinajstić information content (AvgIpc) is 2.75. The summed E-state index contributed by atoms with van der Waals surface area (Å²) in [5.41, 5.74) is 7.50. The summed E-state index contributed by atoms with van der Waals surface area (Å²) >= 11 is 0. The highest BCUT2D eigenvalue weighted by Crippen LogP contribution is 2.16. The Morgan fingerprint density at radius 1 is 1.42 bits per heavy atom. The minimum absolute atomic E-state index is 0.0169. The number of para-hydroxylation sites is 2. The van der Waals surface area contributed by atoms with Crippen molar-refractivity contribution in [2.24, 2.45) is 5.73 Å². The third kappa shape index (κ3) is 3.12. The zero-order chi connectivity index (χ0) is 13.7. The molecule has 0 aliphatic rings. The van der Waals surface area contributed by atoms with Gasteiger partial charge in [0.1, 0.15) is 12.4 Å². The van der Waals surface area contributed by atoms with Gasteiger partial charge in [0.2, 0.25) is 5.91 Å². The maximum atomic E-state index is 11.9. The van der Waals surface area contributed by atoms with Crippen molar-refractivity contribution >= 4 is 16.9 Å². The van der Waals surface area contributed by atoms with Crippen molar-refractivity contribution in [3.63, 3.8) is 0 Å². The highest BCUT2D eigenvalue weighted by molar-refractivity contribution is 5.81. The van der Waals surface area contributed by atoms with Crippen molar-refractivity contribution in [2.75, 3.05) is 13.1 Å². The van der Waals surface area contributed by atoms with Crippen LogP contribution in [0.5, 0.6) is 0 Å². The van der Waals surface area contributed by atoms with Gasteiger partial charge < -0.3 is 15.6 Å². The van der Waals surface area contributed by atoms with Crippen LogP contribution in [0, 0.1) is 0 Å². The molecule has 0 fully saturated rings. The molecule has 0 unspecified atom stereocenters. The van der Waals surface area contributed by atoms with Crippen molar-refractivity contribution in [3.8, 4) is 0 Å². The van der Waals surface area contributed by atoms with Gasteiger partial charge in [-0.15, -0.1) is 0 Å². The Bertz CT molecular complexity index is 562. The molecule has 2 aromatic rings. The molecule has 0 radical (unpaired) electrons. The number of aromatic nitrogens is 2. The lowest BCUT2D eigenvalue weighted by molar-refractivity contribution is -0.121. The Balaban J connectivity index is 2.28. The highest BCUT2D eigenvalue weighted by Gasteiger charge is 2.12. The van der Waals surface area contributed by atoms with Crippen LogP contribution in [0.1, 0.15) is 19.2 Å². The molecule has 3 N–H and O–H groups in total. The zero-order valence-electron chi connectivity index (χ0n) is 11.2. The summed E-state index contributed by atoms with van der Waals surface area (Å²) in [6, 6.07) is 7.84. The van der Waals surface area contributed by atoms with Crippen LogP contribution in [0.3, 0.4) is 0 Å². The molecular formula is C14H20N4O. The smallest absolute Gasteiger partial charge is 0.240 e. The molecule has 5 heteroatoms. The number of nitrogens with one attached hydrogen (secondary N) is 1. The quantitative estimate of drug-likeness (QED) is 0.815. The SMILES string of the molecule is CCCNC(=O)Cn1c(CCN)nc2ccccc21. The molecule has 1 aromatic carbocycles. The van der Waals surface area contributed by atoms with E-state index in [4.69, 9.17) is 5.73 Å². The molecule has 1 amide bonds. The predicted octanol–water partition coefficient (Wildman–Crippen LogP) is 1.06. The Kier molecular flexibility index (Phi) is 4.52. The number of carbonyl (C=O) groups is 1. The van der Waals surface area contributed by atoms with Gasteiger partial charge in [-0.2, -0.15) is 0 Å². The predicted molar refractivity (Wildman–Crippen MR) is 75.8 cm³/mol. The van der Waals surface area contributed by atoms with Crippen molar-refractivity contribution in [2.45, 2.75) is 26.3 Å². The Morgan fingerprint density at radius 3 is 2.95 bits per heavy atom. The third-order valence-electron chi connectivity index (χ3n) is 2.98. The number of hydrogen-bond acceptors (Lipinski definition) is 3. The van der Waals surface area contributed by atoms with Crippen molar-refractivity contribution in [1.29, 1.82) is 0 Å². The molecular weight excluding hydrogens is 240 g/mol. The summed E-state index contributed by atoms with van der Waals surface area (Å²) < 4.78 is 1.95. The third-order valence-corrected chi connectivity index (χ3v) is 2.98. The lowest BCUT2D eigenvalue weighted by atomic mass is 10.3. The van der Waals surface area contributed by atoms with E-state index < -0.39 is 0 Å². The minimum Gasteiger partial charge on any atom is -0.355 e. The highest BCUT2D eigenvalue weighted by atomic mass is 16.1. The number of carbonyl (C=O) groups excluding carboxylic acids is 1. The Hall–Kier alpha value is -1.88. The number of imidazole rings is 1. The summed E-state index contributed by atoms with van der Waals surface area (Å²) in [5.74, 6) is 0.888. The largest absolute Gasteiger partial charge is 0.355 e. The van der Waals surface area contributed by atoms with E-state index in [2.05, 4.69) is 10.3 Å². The van der Waals surface area contributed by atoms with E-state index in [1.807, 2.05) is 35.8 Å². The van der Waals surface area contributed by atoms with Crippen LogP contribution in [0.4, 0.5) is 0 Å². The first-order valence-electron chi connectivity index (χ1n) is 6.67. The molecule has 5 nitrogen and oxygen atoms in total. The number of amides is 1. The molecule has 0 saturated carbocycles. The molecule has 0 bridgehead atoms. The van der Waals surface area contributed by atoms with Crippen LogP contribution in [0.15, 0.2) is 24.3 Å². The van der Waals surface area contributed by atoms with Gasteiger partial charge in [0, 0.05) is 13.0 Å². The van der Waals surface area contributed by atoms with Crippen molar-refractivity contribution < 1.29 is 4.79 Å². The van der Waals surface area contributed by atoms with E-state index in [9.17, 15) is 4.79 Å². The van der Waals surface area contributed by atoms with Crippen LogP contribution < -0.4 is 11.1 Å². The van der Waals surface area contributed by atoms with E-state index in [-0.39, 0.29) is 5.91 Å². The molecule has 2 rings (SSSR count). The molecule has 19 heavy (non-hydrogen) atoms. The van der Waals surface area contributed by atoms with Gasteiger partial charge in [0.25, 0.3) is 0 Å². The summed E-state index contributed by atoms with van der Waals surface area (Å²) in [5, 5.41) is 2.89. The van der Waals surface area contributed by atoms with Gasteiger partial charge in [-0.05, 0) is 25.1 Å². The van der Waals surface area contributed by atoms with Crippen LogP contribution in [0.25, 0.3) is 11.0 Å². The van der Waals surface area contributed by atoms with E-state index in [0.29, 0.717) is 26.1 Å². The van der Waals surface area contributed by atoms with Crippen LogP contribution in [-0.4, -0.2) is 28.5 Å². The maximum Gasteiger partial charge on any atom is 0.240 e. The second-order valence-corrected chi connectivity index (χ2v) is 4.49. The van der Waals surface area contributed by atoms with Crippen molar-refractivity contribution in [3.05, 3.63) is 30.1 Å². The minimum atomic E-state index is 0.0169. The lowest BCUT2D eigenvalue weighted by Gasteiger charge is -2.09. The molecule has 0 aliphatic heterocycles. The standard InChI is InChI=1S/C14H20N4O/c1-2-9-16-14(19)10-18-12-6-4-3-5-11(12)17-13(18)7-8-15/h3-6H,2,7-10,15H2,1H3,(H,16,19). The van der Waals surface area contributed by atoms with Gasteiger partial charge in [0.15, 0.2) is 0 Å². The number of fused-ring (bicyclic) bond motifs is 1. The first kappa shape index (κ1) is 13.5. The number of benzene rings is 1. The number of hydrogen-bond donors (Lipinski definition) is 2. The number of nitrogens with two attached hydrogens (primary N) is 1. The molecule has 1 heterocycles. The van der Waals surface area contributed by atoms with E-state index in [0.717, 1.165) is 23.3 Å². The van der Waals surface area contributed by atoms with Gasteiger partial charge in [-0.1, -0.05) is 19.1 Å². The first-order chi connectivity index (χ1) is 9.26. The molecule has 1 aromatic heterocycles. The first-order valence-corrected chi connectivity index (χ1v) is 6.67. The molecule has 0 atom stereocenters. The van der Waals surface area contributed by atoms with Gasteiger partial charge in [-0.25, -0.2) is 4.98 Å². The van der Waals surface area contributed by atoms with E-state index >= 15 is 0 Å². The van der Waals surface area contributed by atoms with Crippen LogP contribution >= 0.6 is 0 Å². The zero-order valence-corrected chi connectivity index (χ0v) is 11.2. The summed E-state index contributed by atoms with van der Waals surface area (Å²) in [6.45, 7) is 3.57. The normalized spacial score (nSPS) is 10.8. The van der Waals surface area contributed by atoms with Gasteiger partial charge >= 0.3 is 0 Å². The van der Waals surface area contributed by atoms with Gasteiger partial charge in [0.05, 0.1) is 11.0 Å². The second kappa shape index (κ2) is 6.33. The Morgan fingerprint density at radius 2 is 2.21 bits per heavy atom. The fourth-order valence-corrected chi connectivity index (χ4v) is 2.09. The van der Waals surface area contributed by atoms with E-state index in [1.165, 1.54) is 0 Å². The molecule has 0 saturated heterocycles. The average molecular weight is 260 g/mol. The number of rotatable bonds is 6. The van der Waals surface area contributed by atoms with Crippen molar-refractivity contribution in [1.82, 2.24) is 14.9 Å². The van der Waals surface area contributed by atoms with Crippen LogP contribution in [0.2, 0.25) is 0 Å². The van der Waals surface area contributed by atoms with E-state index in [1.54, 1.807) is 0 Å². The Labute approximate surface area is 112 Å². The molecule has 0 aliphatic carbocycles. The number of nitrogens with zero attached hydrogens (tertiary/aromatic N) is 2. The molecule has 0 spiro atoms. The fourth-order valence-electron chi connectivity index (χ4n) is 2.09. The summed E-state index contributed by atoms with van der Waals surface area (Å²) in [4.78, 5) is 16.4. The van der Waals surface area contributed by atoms with Gasteiger partial charge in [-0.3, -0.25) is 4.79 Å². The maximum absolute atomic E-state index is 11.9. The second-order valence-electron chi connectivity index (χ2n) is 4.49. The molecule has 102 valence electrons. The fraction of sp³-hybridized carbons (Fsp3) is 0.429. The topological polar surface area (TPSA) is 72.9 Å². The monoisotopic (exact) mass is 260 g/mol.